The van der Waals surface area contributed by atoms with Gasteiger partial charge in [-0.25, -0.2) is 0 Å². The van der Waals surface area contributed by atoms with Crippen LogP contribution in [0, 0.1) is 17.8 Å². The molecule has 2 N–H and O–H groups in total. The summed E-state index contributed by atoms with van der Waals surface area (Å²) in [4.78, 5) is 0. The number of hydrogen-bond donors (Lipinski definition) is 1. The van der Waals surface area contributed by atoms with Gasteiger partial charge in [-0.15, -0.1) is 0 Å². The summed E-state index contributed by atoms with van der Waals surface area (Å²) in [6.07, 6.45) is 12.8. The lowest BCUT2D eigenvalue weighted by molar-refractivity contribution is 0.139. The summed E-state index contributed by atoms with van der Waals surface area (Å²) in [6, 6.07) is 0.527. The quantitative estimate of drug-likeness (QED) is 0.737. The van der Waals surface area contributed by atoms with Gasteiger partial charge in [-0.3, -0.25) is 0 Å². The molecule has 1 heteroatoms. The average molecular weight is 209 g/mol. The second kappa shape index (κ2) is 5.34. The summed E-state index contributed by atoms with van der Waals surface area (Å²) in [7, 11) is 0. The Balaban J connectivity index is 1.90. The van der Waals surface area contributed by atoms with Crippen molar-refractivity contribution in [2.45, 2.75) is 70.8 Å². The standard InChI is InChI=1S/C14H27N/c1-2-11-6-5-7-12(10-11)13-8-3-4-9-14(13)15/h11-14H,2-10,15H2,1H3. The molecule has 2 rings (SSSR count). The van der Waals surface area contributed by atoms with Gasteiger partial charge in [-0.2, -0.15) is 0 Å². The Hall–Kier alpha value is -0.0400. The molecule has 0 aromatic carbocycles. The fraction of sp³-hybridized carbons (Fsp3) is 1.00. The zero-order valence-electron chi connectivity index (χ0n) is 10.3. The van der Waals surface area contributed by atoms with E-state index in [0.29, 0.717) is 6.04 Å². The molecule has 0 amide bonds. The molecule has 0 radical (unpaired) electrons. The maximum Gasteiger partial charge on any atom is 0.00698 e. The third-order valence-electron chi connectivity index (χ3n) is 4.88. The summed E-state index contributed by atoms with van der Waals surface area (Å²) in [5.41, 5.74) is 6.30. The molecule has 0 bridgehead atoms. The van der Waals surface area contributed by atoms with Gasteiger partial charge in [0.15, 0.2) is 0 Å². The van der Waals surface area contributed by atoms with E-state index >= 15 is 0 Å². The van der Waals surface area contributed by atoms with Crippen molar-refractivity contribution in [3.63, 3.8) is 0 Å². The Morgan fingerprint density at radius 1 is 1.00 bits per heavy atom. The fourth-order valence-corrected chi connectivity index (χ4v) is 3.87. The summed E-state index contributed by atoms with van der Waals surface area (Å²) >= 11 is 0. The molecule has 0 spiro atoms. The van der Waals surface area contributed by atoms with Crippen LogP contribution < -0.4 is 5.73 Å². The third-order valence-corrected chi connectivity index (χ3v) is 4.88. The van der Waals surface area contributed by atoms with Crippen molar-refractivity contribution >= 4 is 0 Å². The Morgan fingerprint density at radius 3 is 2.53 bits per heavy atom. The zero-order chi connectivity index (χ0) is 10.7. The van der Waals surface area contributed by atoms with Gasteiger partial charge in [0.1, 0.15) is 0 Å². The fourth-order valence-electron chi connectivity index (χ4n) is 3.87. The highest BCUT2D eigenvalue weighted by Crippen LogP contribution is 2.40. The smallest absolute Gasteiger partial charge is 0.00698 e. The second-order valence-corrected chi connectivity index (χ2v) is 5.81. The second-order valence-electron chi connectivity index (χ2n) is 5.81. The normalized spacial score (nSPS) is 42.8. The highest BCUT2D eigenvalue weighted by atomic mass is 14.7. The maximum atomic E-state index is 6.30. The van der Waals surface area contributed by atoms with Crippen LogP contribution in [0.15, 0.2) is 0 Å². The Morgan fingerprint density at radius 2 is 1.80 bits per heavy atom. The van der Waals surface area contributed by atoms with E-state index in [1.54, 1.807) is 0 Å². The van der Waals surface area contributed by atoms with Crippen molar-refractivity contribution in [1.29, 1.82) is 0 Å². The van der Waals surface area contributed by atoms with Gasteiger partial charge in [0, 0.05) is 6.04 Å². The van der Waals surface area contributed by atoms with E-state index in [0.717, 1.165) is 17.8 Å². The van der Waals surface area contributed by atoms with E-state index in [4.69, 9.17) is 5.73 Å². The van der Waals surface area contributed by atoms with Crippen molar-refractivity contribution in [1.82, 2.24) is 0 Å². The van der Waals surface area contributed by atoms with Gasteiger partial charge >= 0.3 is 0 Å². The van der Waals surface area contributed by atoms with Crippen LogP contribution in [-0.2, 0) is 0 Å². The van der Waals surface area contributed by atoms with Crippen LogP contribution in [0.4, 0.5) is 0 Å². The molecule has 0 aromatic heterocycles. The molecule has 0 aliphatic heterocycles. The number of rotatable bonds is 2. The first kappa shape index (κ1) is 11.4. The van der Waals surface area contributed by atoms with Crippen LogP contribution in [-0.4, -0.2) is 6.04 Å². The molecule has 2 fully saturated rings. The monoisotopic (exact) mass is 209 g/mol. The van der Waals surface area contributed by atoms with E-state index < -0.39 is 0 Å². The zero-order valence-corrected chi connectivity index (χ0v) is 10.3. The molecule has 0 saturated heterocycles. The van der Waals surface area contributed by atoms with Crippen molar-refractivity contribution in [2.75, 3.05) is 0 Å². The molecule has 4 unspecified atom stereocenters. The highest BCUT2D eigenvalue weighted by molar-refractivity contribution is 4.86. The van der Waals surface area contributed by atoms with E-state index in [1.165, 1.54) is 57.8 Å². The molecular weight excluding hydrogens is 182 g/mol. The van der Waals surface area contributed by atoms with Crippen molar-refractivity contribution in [3.8, 4) is 0 Å². The predicted octanol–water partition coefficient (Wildman–Crippen LogP) is 3.72. The first-order valence-electron chi connectivity index (χ1n) is 7.06. The summed E-state index contributed by atoms with van der Waals surface area (Å²) in [5, 5.41) is 0. The molecule has 4 atom stereocenters. The van der Waals surface area contributed by atoms with Gasteiger partial charge in [0.2, 0.25) is 0 Å². The van der Waals surface area contributed by atoms with E-state index in [9.17, 15) is 0 Å². The topological polar surface area (TPSA) is 26.0 Å². The first-order valence-corrected chi connectivity index (χ1v) is 7.06. The minimum Gasteiger partial charge on any atom is -0.327 e. The van der Waals surface area contributed by atoms with Gasteiger partial charge in [0.05, 0.1) is 0 Å². The maximum absolute atomic E-state index is 6.30. The minimum atomic E-state index is 0.527. The summed E-state index contributed by atoms with van der Waals surface area (Å²) in [5.74, 6) is 2.85. The molecule has 88 valence electrons. The van der Waals surface area contributed by atoms with Gasteiger partial charge < -0.3 is 5.73 Å². The Kier molecular flexibility index (Phi) is 4.07. The van der Waals surface area contributed by atoms with Crippen molar-refractivity contribution in [3.05, 3.63) is 0 Å². The lowest BCUT2D eigenvalue weighted by Crippen LogP contribution is -2.39. The lowest BCUT2D eigenvalue weighted by Gasteiger charge is -2.39. The minimum absolute atomic E-state index is 0.527. The molecule has 2 aliphatic rings. The number of hydrogen-bond acceptors (Lipinski definition) is 1. The van der Waals surface area contributed by atoms with Gasteiger partial charge in [-0.05, 0) is 37.0 Å². The molecule has 2 saturated carbocycles. The highest BCUT2D eigenvalue weighted by Gasteiger charge is 2.32. The van der Waals surface area contributed by atoms with Gasteiger partial charge in [-0.1, -0.05) is 45.4 Å². The molecule has 1 nitrogen and oxygen atoms in total. The van der Waals surface area contributed by atoms with Crippen LogP contribution in [0.2, 0.25) is 0 Å². The third kappa shape index (κ3) is 2.75. The molecule has 0 aromatic rings. The van der Waals surface area contributed by atoms with Crippen LogP contribution >= 0.6 is 0 Å². The van der Waals surface area contributed by atoms with Crippen molar-refractivity contribution < 1.29 is 0 Å². The van der Waals surface area contributed by atoms with Crippen LogP contribution in [0.3, 0.4) is 0 Å². The lowest BCUT2D eigenvalue weighted by atomic mass is 9.68. The SMILES string of the molecule is CCC1CCCC(C2CCCCC2N)C1. The van der Waals surface area contributed by atoms with E-state index in [1.807, 2.05) is 0 Å². The summed E-state index contributed by atoms with van der Waals surface area (Å²) < 4.78 is 0. The van der Waals surface area contributed by atoms with Gasteiger partial charge in [0.25, 0.3) is 0 Å². The average Bonchev–Trinajstić information content (AvgIpc) is 2.30. The predicted molar refractivity (Wildman–Crippen MR) is 65.7 cm³/mol. The largest absolute Gasteiger partial charge is 0.327 e. The Labute approximate surface area is 94.8 Å². The summed E-state index contributed by atoms with van der Waals surface area (Å²) in [6.45, 7) is 2.36. The molecule has 2 aliphatic carbocycles. The molecule has 15 heavy (non-hydrogen) atoms. The van der Waals surface area contributed by atoms with Crippen LogP contribution in [0.25, 0.3) is 0 Å². The van der Waals surface area contributed by atoms with Crippen molar-refractivity contribution in [2.24, 2.45) is 23.5 Å². The van der Waals surface area contributed by atoms with E-state index in [2.05, 4.69) is 6.92 Å². The van der Waals surface area contributed by atoms with E-state index in [-0.39, 0.29) is 0 Å². The molecule has 0 heterocycles. The van der Waals surface area contributed by atoms with Crippen LogP contribution in [0.1, 0.15) is 64.7 Å². The van der Waals surface area contributed by atoms with Crippen LogP contribution in [0.5, 0.6) is 0 Å². The number of nitrogens with two attached hydrogens (primary N) is 1. The molecular formula is C14H27N. The first-order chi connectivity index (χ1) is 7.31. The Bertz CT molecular complexity index is 190.